The van der Waals surface area contributed by atoms with E-state index < -0.39 is 0 Å². The summed E-state index contributed by atoms with van der Waals surface area (Å²) in [6.07, 6.45) is 0. The van der Waals surface area contributed by atoms with E-state index in [2.05, 4.69) is 57.2 Å². The summed E-state index contributed by atoms with van der Waals surface area (Å²) < 4.78 is 1.77. The smallest absolute Gasteiger partial charge is 0.262 e. The SMILES string of the molecule is Cc1nc2sc(-c3ccccc3)cc2c(=O)n1Cc1ccc(C(C)(C)C)cc1. The third-order valence-electron chi connectivity index (χ3n) is 5.06. The molecular formula is C24H24N2OS. The van der Waals surface area contributed by atoms with Crippen molar-refractivity contribution in [3.05, 3.63) is 88.0 Å². The molecule has 0 amide bonds. The van der Waals surface area contributed by atoms with Crippen LogP contribution in [0.1, 0.15) is 37.7 Å². The Balaban J connectivity index is 1.72. The first-order valence-electron chi connectivity index (χ1n) is 9.49. The summed E-state index contributed by atoms with van der Waals surface area (Å²) in [6.45, 7) is 9.06. The van der Waals surface area contributed by atoms with Crippen LogP contribution < -0.4 is 5.56 Å². The second-order valence-electron chi connectivity index (χ2n) is 8.19. The highest BCUT2D eigenvalue weighted by atomic mass is 32.1. The average molecular weight is 389 g/mol. The molecule has 0 radical (unpaired) electrons. The molecule has 2 heterocycles. The van der Waals surface area contributed by atoms with Crippen LogP contribution in [0.3, 0.4) is 0 Å². The number of hydrogen-bond donors (Lipinski definition) is 0. The fraction of sp³-hybridized carbons (Fsp3) is 0.250. The quantitative estimate of drug-likeness (QED) is 0.446. The van der Waals surface area contributed by atoms with Crippen molar-refractivity contribution >= 4 is 21.6 Å². The minimum Gasteiger partial charge on any atom is -0.292 e. The Kier molecular flexibility index (Phi) is 4.68. The van der Waals surface area contributed by atoms with Crippen LogP contribution in [0.25, 0.3) is 20.7 Å². The van der Waals surface area contributed by atoms with Crippen molar-refractivity contribution in [3.63, 3.8) is 0 Å². The topological polar surface area (TPSA) is 34.9 Å². The van der Waals surface area contributed by atoms with Gasteiger partial charge in [0.25, 0.3) is 5.56 Å². The minimum atomic E-state index is 0.0285. The van der Waals surface area contributed by atoms with Crippen molar-refractivity contribution in [3.8, 4) is 10.4 Å². The molecule has 0 saturated carbocycles. The van der Waals surface area contributed by atoms with E-state index in [0.717, 1.165) is 26.7 Å². The van der Waals surface area contributed by atoms with Crippen molar-refractivity contribution in [2.75, 3.05) is 0 Å². The highest BCUT2D eigenvalue weighted by molar-refractivity contribution is 7.21. The number of thiophene rings is 1. The second kappa shape index (κ2) is 7.02. The van der Waals surface area contributed by atoms with Gasteiger partial charge in [0.2, 0.25) is 0 Å². The maximum absolute atomic E-state index is 13.2. The third kappa shape index (κ3) is 3.52. The summed E-state index contributed by atoms with van der Waals surface area (Å²) in [7, 11) is 0. The lowest BCUT2D eigenvalue weighted by Gasteiger charge is -2.19. The highest BCUT2D eigenvalue weighted by Crippen LogP contribution is 2.31. The van der Waals surface area contributed by atoms with Gasteiger partial charge in [-0.25, -0.2) is 4.98 Å². The molecule has 142 valence electrons. The molecular weight excluding hydrogens is 364 g/mol. The number of hydrogen-bond acceptors (Lipinski definition) is 3. The molecule has 0 atom stereocenters. The van der Waals surface area contributed by atoms with E-state index in [-0.39, 0.29) is 11.0 Å². The second-order valence-corrected chi connectivity index (χ2v) is 9.22. The molecule has 0 aliphatic heterocycles. The zero-order valence-corrected chi connectivity index (χ0v) is 17.5. The largest absolute Gasteiger partial charge is 0.292 e. The van der Waals surface area contributed by atoms with Crippen LogP contribution >= 0.6 is 11.3 Å². The van der Waals surface area contributed by atoms with Crippen LogP contribution in [0.2, 0.25) is 0 Å². The van der Waals surface area contributed by atoms with Gasteiger partial charge in [-0.2, -0.15) is 0 Å². The number of fused-ring (bicyclic) bond motifs is 1. The molecule has 0 aliphatic rings. The number of aromatic nitrogens is 2. The average Bonchev–Trinajstić information content (AvgIpc) is 3.10. The number of aryl methyl sites for hydroxylation is 1. The van der Waals surface area contributed by atoms with Gasteiger partial charge < -0.3 is 0 Å². The molecule has 0 saturated heterocycles. The molecule has 0 aliphatic carbocycles. The van der Waals surface area contributed by atoms with Crippen LogP contribution in [-0.2, 0) is 12.0 Å². The summed E-state index contributed by atoms with van der Waals surface area (Å²) in [6, 6.07) is 20.6. The number of rotatable bonds is 3. The Hall–Kier alpha value is -2.72. The zero-order chi connectivity index (χ0) is 19.9. The molecule has 4 heteroatoms. The first-order valence-corrected chi connectivity index (χ1v) is 10.3. The predicted molar refractivity (Wildman–Crippen MR) is 118 cm³/mol. The van der Waals surface area contributed by atoms with Crippen LogP contribution in [0.5, 0.6) is 0 Å². The first-order chi connectivity index (χ1) is 13.3. The molecule has 3 nitrogen and oxygen atoms in total. The van der Waals surface area contributed by atoms with E-state index in [4.69, 9.17) is 4.98 Å². The van der Waals surface area contributed by atoms with Crippen molar-refractivity contribution in [2.24, 2.45) is 0 Å². The third-order valence-corrected chi connectivity index (χ3v) is 6.14. The van der Waals surface area contributed by atoms with E-state index in [1.165, 1.54) is 5.56 Å². The van der Waals surface area contributed by atoms with Crippen molar-refractivity contribution in [2.45, 2.75) is 39.7 Å². The molecule has 0 N–H and O–H groups in total. The van der Waals surface area contributed by atoms with Crippen molar-refractivity contribution in [1.29, 1.82) is 0 Å². The lowest BCUT2D eigenvalue weighted by molar-refractivity contribution is 0.589. The molecule has 2 aromatic carbocycles. The molecule has 4 aromatic rings. The summed E-state index contributed by atoms with van der Waals surface area (Å²) in [4.78, 5) is 19.8. The summed E-state index contributed by atoms with van der Waals surface area (Å²) in [5.74, 6) is 0.749. The Labute approximate surface area is 169 Å². The molecule has 0 spiro atoms. The minimum absolute atomic E-state index is 0.0285. The lowest BCUT2D eigenvalue weighted by atomic mass is 9.87. The van der Waals surface area contributed by atoms with E-state index >= 15 is 0 Å². The van der Waals surface area contributed by atoms with E-state index in [1.54, 1.807) is 15.9 Å². The number of nitrogens with zero attached hydrogens (tertiary/aromatic N) is 2. The van der Waals surface area contributed by atoms with Gasteiger partial charge in [-0.1, -0.05) is 75.4 Å². The van der Waals surface area contributed by atoms with Crippen molar-refractivity contribution in [1.82, 2.24) is 9.55 Å². The molecule has 0 fully saturated rings. The summed E-state index contributed by atoms with van der Waals surface area (Å²) >= 11 is 1.57. The fourth-order valence-electron chi connectivity index (χ4n) is 3.34. The van der Waals surface area contributed by atoms with Gasteiger partial charge in [0.15, 0.2) is 0 Å². The molecule has 4 rings (SSSR count). The van der Waals surface area contributed by atoms with E-state index in [0.29, 0.717) is 11.9 Å². The van der Waals surface area contributed by atoms with Crippen LogP contribution in [0.4, 0.5) is 0 Å². The van der Waals surface area contributed by atoms with Crippen LogP contribution in [0, 0.1) is 6.92 Å². The normalized spacial score (nSPS) is 11.9. The lowest BCUT2D eigenvalue weighted by Crippen LogP contribution is -2.24. The maximum Gasteiger partial charge on any atom is 0.262 e. The Morgan fingerprint density at radius 3 is 2.32 bits per heavy atom. The van der Waals surface area contributed by atoms with Gasteiger partial charge in [-0.15, -0.1) is 11.3 Å². The Morgan fingerprint density at radius 1 is 1.00 bits per heavy atom. The number of benzene rings is 2. The monoisotopic (exact) mass is 388 g/mol. The summed E-state index contributed by atoms with van der Waals surface area (Å²) in [5, 5.41) is 0.695. The molecule has 2 aromatic heterocycles. The molecule has 28 heavy (non-hydrogen) atoms. The van der Waals surface area contributed by atoms with Gasteiger partial charge in [0.1, 0.15) is 10.7 Å². The first kappa shape index (κ1) is 18.6. The van der Waals surface area contributed by atoms with Gasteiger partial charge in [-0.3, -0.25) is 9.36 Å². The Morgan fingerprint density at radius 2 is 1.68 bits per heavy atom. The fourth-order valence-corrected chi connectivity index (χ4v) is 4.41. The van der Waals surface area contributed by atoms with Crippen molar-refractivity contribution < 1.29 is 0 Å². The van der Waals surface area contributed by atoms with Crippen LogP contribution in [0.15, 0.2) is 65.5 Å². The van der Waals surface area contributed by atoms with Gasteiger partial charge >= 0.3 is 0 Å². The Bertz CT molecular complexity index is 1180. The van der Waals surface area contributed by atoms with E-state index in [1.807, 2.05) is 31.2 Å². The molecule has 0 bridgehead atoms. The zero-order valence-electron chi connectivity index (χ0n) is 16.7. The van der Waals surface area contributed by atoms with E-state index in [9.17, 15) is 4.79 Å². The maximum atomic E-state index is 13.2. The van der Waals surface area contributed by atoms with Crippen LogP contribution in [-0.4, -0.2) is 9.55 Å². The standard InChI is InChI=1S/C24H24N2OS/c1-16-25-22-20(14-21(28-22)18-8-6-5-7-9-18)23(27)26(16)15-17-10-12-19(13-11-17)24(2,3)4/h5-14H,15H2,1-4H3. The van der Waals surface area contributed by atoms with Gasteiger partial charge in [-0.05, 0) is 35.1 Å². The van der Waals surface area contributed by atoms with Gasteiger partial charge in [0.05, 0.1) is 11.9 Å². The predicted octanol–water partition coefficient (Wildman–Crippen LogP) is 5.78. The molecule has 0 unspecified atom stereocenters. The summed E-state index contributed by atoms with van der Waals surface area (Å²) in [5.41, 5.74) is 3.67. The highest BCUT2D eigenvalue weighted by Gasteiger charge is 2.15. The van der Waals surface area contributed by atoms with Gasteiger partial charge in [0, 0.05) is 4.88 Å².